The summed E-state index contributed by atoms with van der Waals surface area (Å²) in [6, 6.07) is 7.22. The molecule has 1 aromatic carbocycles. The fraction of sp³-hybridized carbons (Fsp3) is 0.471. The number of benzene rings is 1. The molecule has 8 heteroatoms. The third-order valence-corrected chi connectivity index (χ3v) is 4.90. The van der Waals surface area contributed by atoms with Crippen molar-refractivity contribution in [3.63, 3.8) is 0 Å². The number of rotatable bonds is 3. The van der Waals surface area contributed by atoms with E-state index in [4.69, 9.17) is 25.6 Å². The number of carbonyl (C=O) groups is 1. The average Bonchev–Trinajstić information content (AvgIpc) is 3.26. The molecule has 0 N–H and O–H groups in total. The second-order valence-electron chi connectivity index (χ2n) is 6.16. The van der Waals surface area contributed by atoms with Crippen LogP contribution in [0.25, 0.3) is 11.5 Å². The minimum Gasteiger partial charge on any atom is -0.347 e. The van der Waals surface area contributed by atoms with Crippen LogP contribution in [0.5, 0.6) is 0 Å². The van der Waals surface area contributed by atoms with Crippen LogP contribution in [0.2, 0.25) is 5.02 Å². The lowest BCUT2D eigenvalue weighted by Gasteiger charge is -2.37. The highest BCUT2D eigenvalue weighted by Gasteiger charge is 2.40. The lowest BCUT2D eigenvalue weighted by molar-refractivity contribution is -0.187. The summed E-state index contributed by atoms with van der Waals surface area (Å²) >= 11 is 6.13. The van der Waals surface area contributed by atoms with Crippen molar-refractivity contribution in [1.82, 2.24) is 15.0 Å². The quantitative estimate of drug-likeness (QED) is 0.832. The molecule has 1 amide bonds. The summed E-state index contributed by atoms with van der Waals surface area (Å²) in [5, 5.41) is 4.43. The van der Waals surface area contributed by atoms with E-state index in [1.165, 1.54) is 0 Å². The van der Waals surface area contributed by atoms with Crippen LogP contribution in [0.3, 0.4) is 0 Å². The number of piperidine rings is 1. The number of nitrogens with zero attached hydrogens (tertiary/aromatic N) is 3. The molecule has 0 radical (unpaired) electrons. The number of amides is 1. The Balaban J connectivity index is 1.38. The summed E-state index contributed by atoms with van der Waals surface area (Å²) in [7, 11) is 0. The number of likely N-dealkylation sites (tertiary alicyclic amines) is 1. The maximum atomic E-state index is 12.5. The molecule has 7 nitrogen and oxygen atoms in total. The van der Waals surface area contributed by atoms with Gasteiger partial charge in [-0.05, 0) is 12.1 Å². The summed E-state index contributed by atoms with van der Waals surface area (Å²) in [5.74, 6) is 0.159. The Kier molecular flexibility index (Phi) is 4.45. The summed E-state index contributed by atoms with van der Waals surface area (Å²) in [6.45, 7) is 2.46. The van der Waals surface area contributed by atoms with E-state index in [2.05, 4.69) is 10.1 Å². The Bertz CT molecular complexity index is 763. The number of hydrogen-bond donors (Lipinski definition) is 0. The molecule has 2 fully saturated rings. The van der Waals surface area contributed by atoms with Crippen LogP contribution in [-0.4, -0.2) is 53.0 Å². The van der Waals surface area contributed by atoms with Gasteiger partial charge in [-0.25, -0.2) is 0 Å². The highest BCUT2D eigenvalue weighted by Crippen LogP contribution is 2.31. The van der Waals surface area contributed by atoms with Crippen LogP contribution in [0.1, 0.15) is 18.7 Å². The van der Waals surface area contributed by atoms with Crippen molar-refractivity contribution in [3.05, 3.63) is 35.1 Å². The average molecular weight is 364 g/mol. The predicted octanol–water partition coefficient (Wildman–Crippen LogP) is 2.30. The number of ether oxygens (including phenoxy) is 2. The molecule has 0 bridgehead atoms. The van der Waals surface area contributed by atoms with Gasteiger partial charge in [0.15, 0.2) is 11.6 Å². The van der Waals surface area contributed by atoms with Gasteiger partial charge in [0.25, 0.3) is 5.89 Å². The first-order valence-corrected chi connectivity index (χ1v) is 8.66. The highest BCUT2D eigenvalue weighted by atomic mass is 35.5. The lowest BCUT2D eigenvalue weighted by atomic mass is 10.0. The molecule has 0 unspecified atom stereocenters. The minimum atomic E-state index is -0.486. The van der Waals surface area contributed by atoms with E-state index in [0.29, 0.717) is 61.4 Å². The first kappa shape index (κ1) is 16.5. The number of aromatic nitrogens is 2. The second kappa shape index (κ2) is 6.74. The fourth-order valence-electron chi connectivity index (χ4n) is 3.20. The molecule has 132 valence electrons. The molecule has 2 saturated heterocycles. The van der Waals surface area contributed by atoms with Crippen LogP contribution >= 0.6 is 11.6 Å². The smallest absolute Gasteiger partial charge is 0.259 e. The fourth-order valence-corrected chi connectivity index (χ4v) is 3.42. The maximum absolute atomic E-state index is 12.5. The van der Waals surface area contributed by atoms with Crippen LogP contribution < -0.4 is 0 Å². The number of carbonyl (C=O) groups excluding carboxylic acids is 1. The van der Waals surface area contributed by atoms with Crippen LogP contribution in [0, 0.1) is 0 Å². The monoisotopic (exact) mass is 363 g/mol. The topological polar surface area (TPSA) is 77.7 Å². The molecule has 2 aliphatic heterocycles. The molecule has 2 aliphatic rings. The summed E-state index contributed by atoms with van der Waals surface area (Å²) < 4.78 is 16.6. The summed E-state index contributed by atoms with van der Waals surface area (Å²) in [4.78, 5) is 18.6. The van der Waals surface area contributed by atoms with Crippen LogP contribution in [0.15, 0.2) is 28.8 Å². The zero-order chi connectivity index (χ0) is 17.3. The first-order valence-electron chi connectivity index (χ1n) is 8.28. The Labute approximate surface area is 149 Å². The molecule has 1 spiro atoms. The van der Waals surface area contributed by atoms with E-state index >= 15 is 0 Å². The molecular formula is C17H18ClN3O4. The van der Waals surface area contributed by atoms with Crippen molar-refractivity contribution in [1.29, 1.82) is 0 Å². The van der Waals surface area contributed by atoms with E-state index < -0.39 is 5.79 Å². The van der Waals surface area contributed by atoms with Gasteiger partial charge < -0.3 is 18.9 Å². The van der Waals surface area contributed by atoms with Crippen molar-refractivity contribution in [2.75, 3.05) is 26.3 Å². The molecule has 0 atom stereocenters. The van der Waals surface area contributed by atoms with Crippen molar-refractivity contribution in [2.45, 2.75) is 25.0 Å². The number of halogens is 1. The van der Waals surface area contributed by atoms with E-state index in [-0.39, 0.29) is 12.3 Å². The molecule has 25 heavy (non-hydrogen) atoms. The standard InChI is InChI=1S/C17H18ClN3O4/c18-13-4-2-1-3-12(13)16-19-14(20-25-16)11-15(22)21-7-5-17(6-8-21)23-9-10-24-17/h1-4H,5-11H2. The van der Waals surface area contributed by atoms with Gasteiger partial charge in [-0.1, -0.05) is 28.9 Å². The maximum Gasteiger partial charge on any atom is 0.259 e. The largest absolute Gasteiger partial charge is 0.347 e. The van der Waals surface area contributed by atoms with Gasteiger partial charge in [0.1, 0.15) is 0 Å². The minimum absolute atomic E-state index is 0.0284. The van der Waals surface area contributed by atoms with E-state index in [1.807, 2.05) is 12.1 Å². The lowest BCUT2D eigenvalue weighted by Crippen LogP contribution is -2.47. The molecule has 4 rings (SSSR count). The van der Waals surface area contributed by atoms with E-state index in [0.717, 1.165) is 0 Å². The predicted molar refractivity (Wildman–Crippen MR) is 88.9 cm³/mol. The van der Waals surface area contributed by atoms with Gasteiger partial charge in [0.2, 0.25) is 5.91 Å². The number of hydrogen-bond acceptors (Lipinski definition) is 6. The molecular weight excluding hydrogens is 346 g/mol. The summed E-state index contributed by atoms with van der Waals surface area (Å²) in [6.07, 6.45) is 1.48. The Morgan fingerprint density at radius 2 is 1.92 bits per heavy atom. The van der Waals surface area contributed by atoms with Crippen molar-refractivity contribution >= 4 is 17.5 Å². The van der Waals surface area contributed by atoms with Gasteiger partial charge >= 0.3 is 0 Å². The van der Waals surface area contributed by atoms with Crippen molar-refractivity contribution < 1.29 is 18.8 Å². The first-order chi connectivity index (χ1) is 12.2. The third-order valence-electron chi connectivity index (χ3n) is 4.57. The SMILES string of the molecule is O=C(Cc1noc(-c2ccccc2Cl)n1)N1CCC2(CC1)OCCO2. The highest BCUT2D eigenvalue weighted by molar-refractivity contribution is 6.33. The van der Waals surface area contributed by atoms with Crippen molar-refractivity contribution in [3.8, 4) is 11.5 Å². The Hall–Kier alpha value is -1.96. The molecule has 0 saturated carbocycles. The normalized spacial score (nSPS) is 19.5. The Morgan fingerprint density at radius 1 is 1.20 bits per heavy atom. The third kappa shape index (κ3) is 3.40. The zero-order valence-electron chi connectivity index (χ0n) is 13.6. The van der Waals surface area contributed by atoms with Crippen LogP contribution in [-0.2, 0) is 20.7 Å². The molecule has 3 heterocycles. The van der Waals surface area contributed by atoms with Crippen molar-refractivity contribution in [2.24, 2.45) is 0 Å². The Morgan fingerprint density at radius 3 is 2.64 bits per heavy atom. The zero-order valence-corrected chi connectivity index (χ0v) is 14.4. The molecule has 0 aliphatic carbocycles. The second-order valence-corrected chi connectivity index (χ2v) is 6.57. The van der Waals surface area contributed by atoms with Gasteiger partial charge in [-0.3, -0.25) is 4.79 Å². The molecule has 1 aromatic heterocycles. The van der Waals surface area contributed by atoms with Gasteiger partial charge in [-0.15, -0.1) is 0 Å². The summed E-state index contributed by atoms with van der Waals surface area (Å²) in [5.41, 5.74) is 0.658. The van der Waals surface area contributed by atoms with Crippen LogP contribution in [0.4, 0.5) is 0 Å². The van der Waals surface area contributed by atoms with E-state index in [9.17, 15) is 4.79 Å². The van der Waals surface area contributed by atoms with E-state index in [1.54, 1.807) is 17.0 Å². The van der Waals surface area contributed by atoms with Gasteiger partial charge in [0.05, 0.1) is 30.2 Å². The molecule has 2 aromatic rings. The van der Waals surface area contributed by atoms with Gasteiger partial charge in [0, 0.05) is 25.9 Å². The van der Waals surface area contributed by atoms with Gasteiger partial charge in [-0.2, -0.15) is 4.98 Å².